The van der Waals surface area contributed by atoms with Crippen LogP contribution in [-0.2, 0) is 6.54 Å². The van der Waals surface area contributed by atoms with E-state index in [2.05, 4.69) is 61.9 Å². The zero-order valence-corrected chi connectivity index (χ0v) is 11.1. The van der Waals surface area contributed by atoms with Gasteiger partial charge in [-0.15, -0.1) is 0 Å². The first-order valence-electron chi connectivity index (χ1n) is 5.96. The first-order chi connectivity index (χ1) is 8.11. The lowest BCUT2D eigenvalue weighted by Gasteiger charge is -1.96. The molecule has 2 heteroatoms. The Kier molecular flexibility index (Phi) is 5.34. The summed E-state index contributed by atoms with van der Waals surface area (Å²) in [7, 11) is 0. The van der Waals surface area contributed by atoms with E-state index in [4.69, 9.17) is 0 Å². The van der Waals surface area contributed by atoms with Gasteiger partial charge in [-0.2, -0.15) is 4.57 Å². The first-order valence-corrected chi connectivity index (χ1v) is 5.96. The van der Waals surface area contributed by atoms with Crippen LogP contribution in [0.2, 0.25) is 0 Å². The third-order valence-corrected chi connectivity index (χ3v) is 2.47. The molecule has 0 aliphatic heterocycles. The fourth-order valence-electron chi connectivity index (χ4n) is 1.69. The van der Waals surface area contributed by atoms with Crippen molar-refractivity contribution in [3.63, 3.8) is 0 Å². The monoisotopic (exact) mass is 230 g/mol. The molecule has 0 fully saturated rings. The molecule has 0 N–H and O–H groups in total. The number of hydrogen-bond donors (Lipinski definition) is 0. The summed E-state index contributed by atoms with van der Waals surface area (Å²) in [5.41, 5.74) is 2.50. The molecular weight excluding hydrogens is 208 g/mol. The molecule has 0 aliphatic carbocycles. The molecular formula is C15H22N2+2. The number of hydrogen-bond acceptors (Lipinski definition) is 0. The van der Waals surface area contributed by atoms with E-state index < -0.39 is 0 Å². The summed E-state index contributed by atoms with van der Waals surface area (Å²) in [5.74, 6) is 0. The highest BCUT2D eigenvalue weighted by molar-refractivity contribution is 5.18. The molecule has 0 saturated carbocycles. The summed E-state index contributed by atoms with van der Waals surface area (Å²) in [5, 5.41) is 0. The number of rotatable bonds is 5. The van der Waals surface area contributed by atoms with Crippen LogP contribution in [0.4, 0.5) is 0 Å². The van der Waals surface area contributed by atoms with Gasteiger partial charge in [0.25, 0.3) is 0 Å². The van der Waals surface area contributed by atoms with Crippen LogP contribution in [0.5, 0.6) is 0 Å². The predicted octanol–water partition coefficient (Wildman–Crippen LogP) is 2.48. The van der Waals surface area contributed by atoms with Gasteiger partial charge in [0.15, 0.2) is 18.6 Å². The van der Waals surface area contributed by atoms with E-state index in [1.165, 1.54) is 11.1 Å². The zero-order chi connectivity index (χ0) is 12.7. The summed E-state index contributed by atoms with van der Waals surface area (Å²) in [4.78, 5) is 0. The van der Waals surface area contributed by atoms with E-state index >= 15 is 0 Å². The fourth-order valence-corrected chi connectivity index (χ4v) is 1.69. The molecule has 0 radical (unpaired) electrons. The number of aryl methyl sites for hydroxylation is 1. The second-order valence-corrected chi connectivity index (χ2v) is 4.30. The Labute approximate surface area is 104 Å². The van der Waals surface area contributed by atoms with Crippen LogP contribution in [-0.4, -0.2) is 17.8 Å². The molecule has 1 aromatic heterocycles. The van der Waals surface area contributed by atoms with E-state index in [1.54, 1.807) is 0 Å². The van der Waals surface area contributed by atoms with Crippen LogP contribution in [0.25, 0.3) is 0 Å². The maximum Gasteiger partial charge on any atom is 0.206 e. The largest absolute Gasteiger partial charge is 0.206 e. The maximum absolute atomic E-state index is 4.01. The molecule has 0 amide bonds. The van der Waals surface area contributed by atoms with E-state index in [0.29, 0.717) is 0 Å². The highest BCUT2D eigenvalue weighted by Gasteiger charge is 2.04. The quantitative estimate of drug-likeness (QED) is 0.417. The van der Waals surface area contributed by atoms with E-state index in [1.807, 2.05) is 17.6 Å². The Morgan fingerprint density at radius 1 is 1.53 bits per heavy atom. The molecule has 2 nitrogen and oxygen atoms in total. The van der Waals surface area contributed by atoms with Gasteiger partial charge in [0, 0.05) is 17.2 Å². The molecule has 0 saturated heterocycles. The Morgan fingerprint density at radius 2 is 2.29 bits per heavy atom. The van der Waals surface area contributed by atoms with Crippen molar-refractivity contribution in [2.75, 3.05) is 6.54 Å². The number of pyridine rings is 1. The van der Waals surface area contributed by atoms with Gasteiger partial charge in [-0.3, -0.25) is 0 Å². The minimum Gasteiger partial charge on any atom is -0.205 e. The lowest BCUT2D eigenvalue weighted by molar-refractivity contribution is -0.716. The standard InChI is InChI=1S/C15H22N2/c1-5-7-14(2)12-16(4)10-11-17-9-6-8-15(3)13-17/h5-9,12-13H,4,10-11H2,1-3H3/q+2/b7-5-,14-12-. The van der Waals surface area contributed by atoms with Gasteiger partial charge >= 0.3 is 0 Å². The van der Waals surface area contributed by atoms with Gasteiger partial charge in [-0.05, 0) is 26.8 Å². The third-order valence-electron chi connectivity index (χ3n) is 2.47. The second-order valence-electron chi connectivity index (χ2n) is 4.30. The third kappa shape index (κ3) is 5.25. The van der Waals surface area contributed by atoms with Gasteiger partial charge in [0.1, 0.15) is 6.72 Å². The molecule has 1 aromatic rings. The van der Waals surface area contributed by atoms with Gasteiger partial charge < -0.3 is 0 Å². The lowest BCUT2D eigenvalue weighted by Crippen LogP contribution is -2.36. The van der Waals surface area contributed by atoms with Crippen molar-refractivity contribution in [1.29, 1.82) is 0 Å². The number of aromatic nitrogens is 1. The normalized spacial score (nSPS) is 12.1. The molecule has 0 spiro atoms. The number of allylic oxidation sites excluding steroid dienone is 3. The summed E-state index contributed by atoms with van der Waals surface area (Å²) in [6.07, 6.45) is 10.4. The molecule has 17 heavy (non-hydrogen) atoms. The van der Waals surface area contributed by atoms with Crippen molar-refractivity contribution in [3.8, 4) is 0 Å². The van der Waals surface area contributed by atoms with Crippen LogP contribution >= 0.6 is 0 Å². The molecule has 1 rings (SSSR count). The summed E-state index contributed by atoms with van der Waals surface area (Å²) >= 11 is 0. The van der Waals surface area contributed by atoms with Gasteiger partial charge in [-0.1, -0.05) is 12.2 Å². The minimum absolute atomic E-state index is 0.906. The number of nitrogens with zero attached hydrogens (tertiary/aromatic N) is 2. The minimum atomic E-state index is 0.906. The zero-order valence-electron chi connectivity index (χ0n) is 11.1. The van der Waals surface area contributed by atoms with E-state index in [9.17, 15) is 0 Å². The predicted molar refractivity (Wildman–Crippen MR) is 72.2 cm³/mol. The molecule has 0 atom stereocenters. The van der Waals surface area contributed by atoms with Crippen LogP contribution in [0.3, 0.4) is 0 Å². The van der Waals surface area contributed by atoms with Crippen LogP contribution in [0.1, 0.15) is 19.4 Å². The Hall–Kier alpha value is -1.70. The Bertz CT molecular complexity index is 442. The van der Waals surface area contributed by atoms with Gasteiger partial charge in [0.2, 0.25) is 13.1 Å². The van der Waals surface area contributed by atoms with Crippen molar-refractivity contribution >= 4 is 6.72 Å². The van der Waals surface area contributed by atoms with E-state index in [-0.39, 0.29) is 0 Å². The van der Waals surface area contributed by atoms with Crippen molar-refractivity contribution in [2.24, 2.45) is 0 Å². The van der Waals surface area contributed by atoms with Gasteiger partial charge in [0.05, 0.1) is 0 Å². The van der Waals surface area contributed by atoms with Crippen molar-refractivity contribution in [1.82, 2.24) is 0 Å². The summed E-state index contributed by atoms with van der Waals surface area (Å²) < 4.78 is 4.16. The van der Waals surface area contributed by atoms with Crippen LogP contribution < -0.4 is 4.57 Å². The molecule has 0 aliphatic rings. The lowest BCUT2D eigenvalue weighted by atomic mass is 10.3. The van der Waals surface area contributed by atoms with Gasteiger partial charge in [-0.25, -0.2) is 4.58 Å². The topological polar surface area (TPSA) is 6.89 Å². The van der Waals surface area contributed by atoms with Crippen molar-refractivity contribution in [3.05, 3.63) is 54.0 Å². The SMILES string of the molecule is C=[N+](/C=C(C)\C=C/C)CC[n+]1cccc(C)c1. The van der Waals surface area contributed by atoms with Crippen LogP contribution in [0.15, 0.2) is 48.5 Å². The summed E-state index contributed by atoms with van der Waals surface area (Å²) in [6, 6.07) is 4.18. The highest BCUT2D eigenvalue weighted by Crippen LogP contribution is 1.94. The Morgan fingerprint density at radius 3 is 2.94 bits per heavy atom. The molecule has 90 valence electrons. The van der Waals surface area contributed by atoms with Crippen molar-refractivity contribution in [2.45, 2.75) is 27.3 Å². The molecule has 0 aromatic carbocycles. The fraction of sp³-hybridized carbons (Fsp3) is 0.333. The molecule has 1 heterocycles. The first kappa shape index (κ1) is 13.4. The maximum atomic E-state index is 4.01. The average molecular weight is 230 g/mol. The smallest absolute Gasteiger partial charge is 0.205 e. The molecule has 0 unspecified atom stereocenters. The summed E-state index contributed by atoms with van der Waals surface area (Å²) in [6.45, 7) is 12.1. The van der Waals surface area contributed by atoms with E-state index in [0.717, 1.165) is 13.1 Å². The second kappa shape index (κ2) is 6.79. The molecule has 0 bridgehead atoms. The van der Waals surface area contributed by atoms with Crippen LogP contribution in [0, 0.1) is 6.92 Å². The Balaban J connectivity index is 2.51. The van der Waals surface area contributed by atoms with Crippen molar-refractivity contribution < 1.29 is 9.14 Å². The highest BCUT2D eigenvalue weighted by atomic mass is 15.0. The average Bonchev–Trinajstić information content (AvgIpc) is 2.27.